The van der Waals surface area contributed by atoms with Crippen LogP contribution in [-0.2, 0) is 0 Å². The number of hydrogen-bond donors (Lipinski definition) is 3. The summed E-state index contributed by atoms with van der Waals surface area (Å²) in [5.74, 6) is 1.03. The van der Waals surface area contributed by atoms with Gasteiger partial charge < -0.3 is 15.6 Å². The van der Waals surface area contributed by atoms with Crippen molar-refractivity contribution in [2.24, 2.45) is 0 Å². The van der Waals surface area contributed by atoms with Gasteiger partial charge in [-0.05, 0) is 24.8 Å². The lowest BCUT2D eigenvalue weighted by molar-refractivity contribution is 0.589. The molecular formula is C13H16N4. The second kappa shape index (κ2) is 4.22. The number of rotatable bonds is 3. The molecule has 1 aromatic heterocycles. The van der Waals surface area contributed by atoms with Gasteiger partial charge in [0.05, 0.1) is 17.1 Å². The van der Waals surface area contributed by atoms with Crippen LogP contribution < -0.4 is 10.6 Å². The second-order valence-electron chi connectivity index (χ2n) is 4.40. The van der Waals surface area contributed by atoms with Crippen LogP contribution in [0.1, 0.15) is 18.3 Å². The van der Waals surface area contributed by atoms with Crippen molar-refractivity contribution in [1.82, 2.24) is 20.6 Å². The standard InChI is InChI=1S/C13H16N4/c1-2-14-9-7-12(15-8-9)13-16-10-5-3-4-6-11(10)17-13/h2-6,9,12,14-15H,1,7-8H2,(H,16,17). The molecule has 3 rings (SSSR count). The second-order valence-corrected chi connectivity index (χ2v) is 4.40. The summed E-state index contributed by atoms with van der Waals surface area (Å²) in [7, 11) is 0. The Morgan fingerprint density at radius 3 is 3.12 bits per heavy atom. The molecule has 88 valence electrons. The Kier molecular flexibility index (Phi) is 2.57. The molecule has 1 saturated heterocycles. The predicted molar refractivity (Wildman–Crippen MR) is 68.6 cm³/mol. The van der Waals surface area contributed by atoms with Crippen molar-refractivity contribution >= 4 is 11.0 Å². The summed E-state index contributed by atoms with van der Waals surface area (Å²) in [5, 5.41) is 6.70. The van der Waals surface area contributed by atoms with Crippen LogP contribution in [0.5, 0.6) is 0 Å². The molecule has 0 bridgehead atoms. The highest BCUT2D eigenvalue weighted by Crippen LogP contribution is 2.23. The number of fused-ring (bicyclic) bond motifs is 1. The highest BCUT2D eigenvalue weighted by molar-refractivity contribution is 5.74. The van der Waals surface area contributed by atoms with Gasteiger partial charge in [0, 0.05) is 12.6 Å². The number of aromatic amines is 1. The molecule has 2 unspecified atom stereocenters. The number of H-pyrrole nitrogens is 1. The van der Waals surface area contributed by atoms with Crippen molar-refractivity contribution in [3.05, 3.63) is 42.9 Å². The topological polar surface area (TPSA) is 52.7 Å². The molecule has 2 atom stereocenters. The van der Waals surface area contributed by atoms with E-state index in [0.29, 0.717) is 12.1 Å². The van der Waals surface area contributed by atoms with Crippen molar-refractivity contribution in [3.63, 3.8) is 0 Å². The average molecular weight is 228 g/mol. The van der Waals surface area contributed by atoms with Gasteiger partial charge >= 0.3 is 0 Å². The summed E-state index contributed by atoms with van der Waals surface area (Å²) >= 11 is 0. The number of nitrogens with one attached hydrogen (secondary N) is 3. The van der Waals surface area contributed by atoms with Crippen LogP contribution >= 0.6 is 0 Å². The minimum atomic E-state index is 0.305. The lowest BCUT2D eigenvalue weighted by Crippen LogP contribution is -2.25. The summed E-state index contributed by atoms with van der Waals surface area (Å²) in [4.78, 5) is 7.99. The summed E-state index contributed by atoms with van der Waals surface area (Å²) in [6.07, 6.45) is 2.79. The van der Waals surface area contributed by atoms with E-state index in [4.69, 9.17) is 0 Å². The fraction of sp³-hybridized carbons (Fsp3) is 0.308. The Hall–Kier alpha value is -1.81. The van der Waals surface area contributed by atoms with E-state index in [1.165, 1.54) is 0 Å². The van der Waals surface area contributed by atoms with Gasteiger partial charge in [0.2, 0.25) is 0 Å². The molecule has 4 heteroatoms. The highest BCUT2D eigenvalue weighted by atomic mass is 15.1. The molecule has 3 N–H and O–H groups in total. The molecule has 0 saturated carbocycles. The van der Waals surface area contributed by atoms with E-state index in [2.05, 4.69) is 33.2 Å². The number of hydrogen-bond acceptors (Lipinski definition) is 3. The molecule has 1 fully saturated rings. The van der Waals surface area contributed by atoms with Gasteiger partial charge in [0.1, 0.15) is 5.82 Å². The third-order valence-corrected chi connectivity index (χ3v) is 3.22. The molecule has 1 aromatic carbocycles. The zero-order valence-corrected chi connectivity index (χ0v) is 9.61. The molecule has 2 aromatic rings. The quantitative estimate of drug-likeness (QED) is 0.749. The first-order chi connectivity index (χ1) is 8.36. The smallest absolute Gasteiger partial charge is 0.124 e. The van der Waals surface area contributed by atoms with Crippen molar-refractivity contribution < 1.29 is 0 Å². The number of imidazole rings is 1. The van der Waals surface area contributed by atoms with Crippen LogP contribution in [0.2, 0.25) is 0 Å². The van der Waals surface area contributed by atoms with Gasteiger partial charge in [-0.1, -0.05) is 18.7 Å². The lowest BCUT2D eigenvalue weighted by atomic mass is 10.1. The highest BCUT2D eigenvalue weighted by Gasteiger charge is 2.26. The fourth-order valence-electron chi connectivity index (χ4n) is 2.38. The van der Waals surface area contributed by atoms with E-state index >= 15 is 0 Å². The first-order valence-corrected chi connectivity index (χ1v) is 5.92. The van der Waals surface area contributed by atoms with Gasteiger partial charge in [-0.2, -0.15) is 0 Å². The van der Waals surface area contributed by atoms with Crippen LogP contribution in [0.4, 0.5) is 0 Å². The van der Waals surface area contributed by atoms with Gasteiger partial charge in [-0.3, -0.25) is 0 Å². The summed E-state index contributed by atoms with van der Waals surface area (Å²) < 4.78 is 0. The predicted octanol–water partition coefficient (Wildman–Crippen LogP) is 1.70. The van der Waals surface area contributed by atoms with E-state index in [0.717, 1.165) is 29.8 Å². The molecule has 4 nitrogen and oxygen atoms in total. The first-order valence-electron chi connectivity index (χ1n) is 5.92. The van der Waals surface area contributed by atoms with Crippen molar-refractivity contribution in [2.75, 3.05) is 6.54 Å². The Morgan fingerprint density at radius 2 is 2.29 bits per heavy atom. The average Bonchev–Trinajstić information content (AvgIpc) is 2.94. The molecule has 0 spiro atoms. The van der Waals surface area contributed by atoms with Crippen LogP contribution in [0, 0.1) is 0 Å². The Bertz CT molecular complexity index is 498. The van der Waals surface area contributed by atoms with E-state index in [-0.39, 0.29) is 0 Å². The zero-order valence-electron chi connectivity index (χ0n) is 9.61. The third kappa shape index (κ3) is 1.91. The SMILES string of the molecule is C=CNC1CNC(c2nc3ccccc3[nH]2)C1. The summed E-state index contributed by atoms with van der Waals surface area (Å²) in [6.45, 7) is 4.65. The van der Waals surface area contributed by atoms with E-state index in [9.17, 15) is 0 Å². The normalized spacial score (nSPS) is 24.0. The molecular weight excluding hydrogens is 212 g/mol. The number of nitrogens with zero attached hydrogens (tertiary/aromatic N) is 1. The maximum Gasteiger partial charge on any atom is 0.124 e. The summed E-state index contributed by atoms with van der Waals surface area (Å²) in [6, 6.07) is 8.88. The summed E-state index contributed by atoms with van der Waals surface area (Å²) in [5.41, 5.74) is 2.13. The molecule has 17 heavy (non-hydrogen) atoms. The number of aromatic nitrogens is 2. The van der Waals surface area contributed by atoms with Gasteiger partial charge in [0.25, 0.3) is 0 Å². The molecule has 1 aliphatic heterocycles. The Balaban J connectivity index is 1.82. The van der Waals surface area contributed by atoms with Crippen LogP contribution in [0.25, 0.3) is 11.0 Å². The first kappa shape index (κ1) is 10.4. The van der Waals surface area contributed by atoms with Gasteiger partial charge in [0.15, 0.2) is 0 Å². The van der Waals surface area contributed by atoms with E-state index in [1.807, 2.05) is 18.2 Å². The molecule has 1 aliphatic rings. The minimum Gasteiger partial charge on any atom is -0.387 e. The molecule has 0 amide bonds. The van der Waals surface area contributed by atoms with Crippen LogP contribution in [-0.4, -0.2) is 22.6 Å². The van der Waals surface area contributed by atoms with Crippen molar-refractivity contribution in [3.8, 4) is 0 Å². The van der Waals surface area contributed by atoms with E-state index in [1.54, 1.807) is 6.20 Å². The maximum atomic E-state index is 4.62. The molecule has 0 aliphatic carbocycles. The van der Waals surface area contributed by atoms with Crippen LogP contribution in [0.3, 0.4) is 0 Å². The monoisotopic (exact) mass is 228 g/mol. The minimum absolute atomic E-state index is 0.305. The third-order valence-electron chi connectivity index (χ3n) is 3.22. The van der Waals surface area contributed by atoms with Crippen molar-refractivity contribution in [1.29, 1.82) is 0 Å². The molecule has 0 radical (unpaired) electrons. The maximum absolute atomic E-state index is 4.62. The number of para-hydroxylation sites is 2. The van der Waals surface area contributed by atoms with E-state index < -0.39 is 0 Å². The number of benzene rings is 1. The van der Waals surface area contributed by atoms with Gasteiger partial charge in [-0.15, -0.1) is 0 Å². The molecule has 2 heterocycles. The van der Waals surface area contributed by atoms with Gasteiger partial charge in [-0.25, -0.2) is 4.98 Å². The lowest BCUT2D eigenvalue weighted by Gasteiger charge is -2.07. The zero-order chi connectivity index (χ0) is 11.7. The van der Waals surface area contributed by atoms with Crippen LogP contribution in [0.15, 0.2) is 37.0 Å². The largest absolute Gasteiger partial charge is 0.387 e. The Labute approximate surface area is 100 Å². The fourth-order valence-corrected chi connectivity index (χ4v) is 2.38. The van der Waals surface area contributed by atoms with Crippen molar-refractivity contribution in [2.45, 2.75) is 18.5 Å². The Morgan fingerprint density at radius 1 is 1.41 bits per heavy atom.